The Hall–Kier alpha value is -1.89. The molecule has 0 unspecified atom stereocenters. The van der Waals surface area contributed by atoms with E-state index < -0.39 is 11.8 Å². The van der Waals surface area contributed by atoms with Gasteiger partial charge in [0.15, 0.2) is 6.19 Å². The van der Waals surface area contributed by atoms with Crippen molar-refractivity contribution in [1.29, 1.82) is 5.26 Å². The summed E-state index contributed by atoms with van der Waals surface area (Å²) in [6.07, 6.45) is 3.15. The molecule has 0 aliphatic rings. The Morgan fingerprint density at radius 2 is 1.64 bits per heavy atom. The van der Waals surface area contributed by atoms with Gasteiger partial charge in [0.05, 0.1) is 0 Å². The molecule has 2 amide bonds. The molecule has 11 heavy (non-hydrogen) atoms. The lowest BCUT2D eigenvalue weighted by Gasteiger charge is -2.04. The predicted molar refractivity (Wildman–Crippen MR) is 37.9 cm³/mol. The maximum absolute atomic E-state index is 10.7. The second-order valence-corrected chi connectivity index (χ2v) is 1.52. The third kappa shape index (κ3) is 2.06. The van der Waals surface area contributed by atoms with Crippen LogP contribution < -0.4 is 0 Å². The van der Waals surface area contributed by atoms with Gasteiger partial charge in [-0.05, 0) is 12.2 Å². The average molecular weight is 150 g/mol. The van der Waals surface area contributed by atoms with Crippen molar-refractivity contribution in [2.24, 2.45) is 0 Å². The van der Waals surface area contributed by atoms with E-state index in [-0.39, 0.29) is 0 Å². The van der Waals surface area contributed by atoms with Crippen LogP contribution in [0.3, 0.4) is 0 Å². The van der Waals surface area contributed by atoms with E-state index in [1.54, 1.807) is 0 Å². The second kappa shape index (κ2) is 4.01. The SMILES string of the molecule is C=CC(=O)N(C#N)C(=O)C=C. The Balaban J connectivity index is 4.56. The van der Waals surface area contributed by atoms with Crippen molar-refractivity contribution >= 4 is 11.8 Å². The van der Waals surface area contributed by atoms with Crippen molar-refractivity contribution in [3.63, 3.8) is 0 Å². The Morgan fingerprint density at radius 3 is 1.82 bits per heavy atom. The number of rotatable bonds is 2. The van der Waals surface area contributed by atoms with Crippen LogP contribution in [0.4, 0.5) is 0 Å². The first kappa shape index (κ1) is 9.11. The van der Waals surface area contributed by atoms with Crippen molar-refractivity contribution < 1.29 is 9.59 Å². The van der Waals surface area contributed by atoms with Gasteiger partial charge < -0.3 is 0 Å². The molecule has 0 saturated heterocycles. The van der Waals surface area contributed by atoms with Crippen molar-refractivity contribution in [2.45, 2.75) is 0 Å². The fourth-order valence-corrected chi connectivity index (χ4v) is 0.390. The standard InChI is InChI=1S/C7H6N2O2/c1-3-6(10)9(5-8)7(11)4-2/h3-4H,1-2H2. The van der Waals surface area contributed by atoms with Crippen molar-refractivity contribution in [3.8, 4) is 6.19 Å². The minimum Gasteiger partial charge on any atom is -0.268 e. The summed E-state index contributed by atoms with van der Waals surface area (Å²) in [5.41, 5.74) is 0. The Labute approximate surface area is 64.0 Å². The lowest BCUT2D eigenvalue weighted by Crippen LogP contribution is -2.29. The van der Waals surface area contributed by atoms with Gasteiger partial charge in [0.25, 0.3) is 11.8 Å². The summed E-state index contributed by atoms with van der Waals surface area (Å²) in [4.78, 5) is 21.7. The van der Waals surface area contributed by atoms with E-state index in [2.05, 4.69) is 13.2 Å². The van der Waals surface area contributed by atoms with Gasteiger partial charge in [-0.25, -0.2) is 0 Å². The summed E-state index contributed by atoms with van der Waals surface area (Å²) in [7, 11) is 0. The molecule has 4 heteroatoms. The zero-order valence-electron chi connectivity index (χ0n) is 5.78. The van der Waals surface area contributed by atoms with Crippen LogP contribution in [0.1, 0.15) is 0 Å². The van der Waals surface area contributed by atoms with Crippen LogP contribution >= 0.6 is 0 Å². The quantitative estimate of drug-likeness (QED) is 0.321. The maximum Gasteiger partial charge on any atom is 0.266 e. The number of amides is 2. The van der Waals surface area contributed by atoms with Crippen molar-refractivity contribution in [1.82, 2.24) is 4.90 Å². The van der Waals surface area contributed by atoms with Gasteiger partial charge in [0, 0.05) is 0 Å². The minimum absolute atomic E-state index is 0.361. The molecule has 0 fully saturated rings. The molecule has 56 valence electrons. The van der Waals surface area contributed by atoms with Crippen LogP contribution in [0.5, 0.6) is 0 Å². The van der Waals surface area contributed by atoms with Gasteiger partial charge in [-0.15, -0.1) is 0 Å². The lowest BCUT2D eigenvalue weighted by molar-refractivity contribution is -0.134. The molecule has 0 aromatic rings. The molecule has 0 aromatic carbocycles. The van der Waals surface area contributed by atoms with Gasteiger partial charge >= 0.3 is 0 Å². The first-order valence-electron chi connectivity index (χ1n) is 2.70. The molecule has 0 aromatic heterocycles. The molecule has 0 saturated carbocycles. The normalized spacial score (nSPS) is 7.55. The number of carbonyl (C=O) groups is 2. The zero-order chi connectivity index (χ0) is 8.85. The largest absolute Gasteiger partial charge is 0.268 e. The summed E-state index contributed by atoms with van der Waals surface area (Å²) in [6.45, 7) is 6.23. The molecule has 0 heterocycles. The van der Waals surface area contributed by atoms with E-state index in [4.69, 9.17) is 5.26 Å². The summed E-state index contributed by atoms with van der Waals surface area (Å²) in [6, 6.07) is 0. The van der Waals surface area contributed by atoms with E-state index >= 15 is 0 Å². The number of imide groups is 1. The van der Waals surface area contributed by atoms with Crippen LogP contribution in [0.25, 0.3) is 0 Å². The summed E-state index contributed by atoms with van der Waals surface area (Å²) in [5, 5.41) is 8.27. The van der Waals surface area contributed by atoms with Gasteiger partial charge in [0.2, 0.25) is 0 Å². The topological polar surface area (TPSA) is 61.2 Å². The maximum atomic E-state index is 10.7. The molecular formula is C7H6N2O2. The molecule has 0 rings (SSSR count). The Morgan fingerprint density at radius 1 is 1.27 bits per heavy atom. The molecule has 0 bridgehead atoms. The van der Waals surface area contributed by atoms with Crippen LogP contribution in [-0.4, -0.2) is 16.7 Å². The Kier molecular flexibility index (Phi) is 3.32. The molecule has 0 radical (unpaired) electrons. The fraction of sp³-hybridized carbons (Fsp3) is 0. The molecule has 0 aliphatic carbocycles. The van der Waals surface area contributed by atoms with Gasteiger partial charge in [0.1, 0.15) is 0 Å². The second-order valence-electron chi connectivity index (χ2n) is 1.52. The molecule has 0 spiro atoms. The van der Waals surface area contributed by atoms with Crippen molar-refractivity contribution in [2.75, 3.05) is 0 Å². The smallest absolute Gasteiger partial charge is 0.266 e. The molecule has 4 nitrogen and oxygen atoms in total. The monoisotopic (exact) mass is 150 g/mol. The summed E-state index contributed by atoms with van der Waals surface area (Å²) >= 11 is 0. The highest BCUT2D eigenvalue weighted by Gasteiger charge is 2.14. The lowest BCUT2D eigenvalue weighted by atomic mass is 10.4. The minimum atomic E-state index is -0.752. The summed E-state index contributed by atoms with van der Waals surface area (Å²) in [5.74, 6) is -1.50. The van der Waals surface area contributed by atoms with Gasteiger partial charge in [-0.1, -0.05) is 13.2 Å². The number of hydrogen-bond acceptors (Lipinski definition) is 3. The molecule has 0 aliphatic heterocycles. The number of hydrogen-bond donors (Lipinski definition) is 0. The van der Waals surface area contributed by atoms with E-state index in [0.29, 0.717) is 4.90 Å². The first-order valence-corrected chi connectivity index (χ1v) is 2.70. The van der Waals surface area contributed by atoms with Crippen molar-refractivity contribution in [3.05, 3.63) is 25.3 Å². The van der Waals surface area contributed by atoms with Crippen LogP contribution in [-0.2, 0) is 9.59 Å². The first-order chi connectivity index (χ1) is 5.17. The highest BCUT2D eigenvalue weighted by Crippen LogP contribution is 1.90. The molecule has 0 N–H and O–H groups in total. The fourth-order valence-electron chi connectivity index (χ4n) is 0.390. The van der Waals surface area contributed by atoms with Gasteiger partial charge in [-0.2, -0.15) is 10.2 Å². The highest BCUT2D eigenvalue weighted by molar-refractivity contribution is 6.06. The number of carbonyl (C=O) groups excluding carboxylic acids is 2. The third-order valence-electron chi connectivity index (χ3n) is 0.890. The highest BCUT2D eigenvalue weighted by atomic mass is 16.2. The zero-order valence-corrected chi connectivity index (χ0v) is 5.78. The van der Waals surface area contributed by atoms with Crippen LogP contribution in [0.15, 0.2) is 25.3 Å². The van der Waals surface area contributed by atoms with E-state index in [0.717, 1.165) is 12.2 Å². The predicted octanol–water partition coefficient (Wildman–Crippen LogP) is 0.195. The van der Waals surface area contributed by atoms with E-state index in [1.807, 2.05) is 0 Å². The number of nitriles is 1. The van der Waals surface area contributed by atoms with Crippen LogP contribution in [0, 0.1) is 11.5 Å². The average Bonchev–Trinajstić information content (AvgIpc) is 2.05. The third-order valence-corrected chi connectivity index (χ3v) is 0.890. The van der Waals surface area contributed by atoms with E-state index in [9.17, 15) is 9.59 Å². The van der Waals surface area contributed by atoms with E-state index in [1.165, 1.54) is 6.19 Å². The molecular weight excluding hydrogens is 144 g/mol. The summed E-state index contributed by atoms with van der Waals surface area (Å²) < 4.78 is 0. The number of nitrogens with zero attached hydrogens (tertiary/aromatic N) is 2. The van der Waals surface area contributed by atoms with Gasteiger partial charge in [-0.3, -0.25) is 9.59 Å². The molecule has 0 atom stereocenters. The van der Waals surface area contributed by atoms with Crippen LogP contribution in [0.2, 0.25) is 0 Å². The Bertz CT molecular complexity index is 230.